The monoisotopic (exact) mass is 359 g/mol. The van der Waals surface area contributed by atoms with Gasteiger partial charge in [0.25, 0.3) is 0 Å². The number of nitrogens with one attached hydrogen (secondary N) is 2. The molecule has 3 atom stereocenters. The van der Waals surface area contributed by atoms with E-state index in [2.05, 4.69) is 44.6 Å². The van der Waals surface area contributed by atoms with Gasteiger partial charge in [-0.2, -0.15) is 10.4 Å². The minimum atomic E-state index is 0.335. The third-order valence-electron chi connectivity index (χ3n) is 5.79. The Morgan fingerprint density at radius 2 is 2.19 bits per heavy atom. The molecule has 27 heavy (non-hydrogen) atoms. The van der Waals surface area contributed by atoms with Crippen LogP contribution in [0.1, 0.15) is 6.42 Å². The Labute approximate surface area is 157 Å². The van der Waals surface area contributed by atoms with Gasteiger partial charge in [0.2, 0.25) is 0 Å². The van der Waals surface area contributed by atoms with Gasteiger partial charge >= 0.3 is 0 Å². The summed E-state index contributed by atoms with van der Waals surface area (Å²) >= 11 is 0. The minimum Gasteiger partial charge on any atom is -0.360 e. The number of aromatic amines is 1. The SMILES string of the molecule is Cn1cc(-c2cc(-c3ccc(N4C[C@H]5C(CC#N)NC[C@H]54)nc3)c[nH]2)cn1. The zero-order valence-corrected chi connectivity index (χ0v) is 15.1. The molecule has 0 saturated carbocycles. The number of fused-ring (bicyclic) bond motifs is 1. The number of hydrogen-bond acceptors (Lipinski definition) is 5. The Bertz CT molecular complexity index is 994. The summed E-state index contributed by atoms with van der Waals surface area (Å²) in [6.07, 6.45) is 8.38. The van der Waals surface area contributed by atoms with Gasteiger partial charge in [-0.25, -0.2) is 4.98 Å². The average Bonchev–Trinajstić information content (AvgIpc) is 3.36. The number of anilines is 1. The van der Waals surface area contributed by atoms with E-state index in [0.717, 1.165) is 41.3 Å². The van der Waals surface area contributed by atoms with Crippen LogP contribution in [0.15, 0.2) is 43.0 Å². The second kappa shape index (κ2) is 6.25. The summed E-state index contributed by atoms with van der Waals surface area (Å²) < 4.78 is 1.80. The van der Waals surface area contributed by atoms with E-state index in [9.17, 15) is 0 Å². The van der Waals surface area contributed by atoms with Crippen LogP contribution in [0.3, 0.4) is 0 Å². The highest BCUT2D eigenvalue weighted by atomic mass is 15.3. The fraction of sp³-hybridized carbons (Fsp3) is 0.350. The van der Waals surface area contributed by atoms with Crippen molar-refractivity contribution >= 4 is 5.82 Å². The molecule has 0 amide bonds. The Balaban J connectivity index is 1.31. The lowest BCUT2D eigenvalue weighted by atomic mass is 9.85. The van der Waals surface area contributed by atoms with E-state index in [-0.39, 0.29) is 0 Å². The third-order valence-corrected chi connectivity index (χ3v) is 5.79. The Kier molecular flexibility index (Phi) is 3.73. The number of hydrogen-bond donors (Lipinski definition) is 2. The van der Waals surface area contributed by atoms with Gasteiger partial charge in [0.1, 0.15) is 5.82 Å². The largest absolute Gasteiger partial charge is 0.360 e. The fourth-order valence-corrected chi connectivity index (χ4v) is 4.26. The zero-order valence-electron chi connectivity index (χ0n) is 15.1. The molecule has 1 unspecified atom stereocenters. The van der Waals surface area contributed by atoms with E-state index in [4.69, 9.17) is 10.2 Å². The maximum atomic E-state index is 8.93. The number of rotatable bonds is 4. The molecule has 2 fully saturated rings. The topological polar surface area (TPSA) is 85.6 Å². The van der Waals surface area contributed by atoms with Gasteiger partial charge in [-0.3, -0.25) is 4.68 Å². The number of H-pyrrole nitrogens is 1. The van der Waals surface area contributed by atoms with Crippen LogP contribution in [-0.2, 0) is 7.05 Å². The van der Waals surface area contributed by atoms with Crippen LogP contribution < -0.4 is 10.2 Å². The molecule has 3 aromatic rings. The number of aromatic nitrogens is 4. The quantitative estimate of drug-likeness (QED) is 0.746. The predicted octanol–water partition coefficient (Wildman–Crippen LogP) is 2.17. The first kappa shape index (κ1) is 16.1. The molecule has 0 aliphatic carbocycles. The summed E-state index contributed by atoms with van der Waals surface area (Å²) in [6.45, 7) is 1.92. The lowest BCUT2D eigenvalue weighted by Gasteiger charge is -2.46. The summed E-state index contributed by atoms with van der Waals surface area (Å²) in [6, 6.07) is 9.43. The second-order valence-corrected chi connectivity index (χ2v) is 7.37. The van der Waals surface area contributed by atoms with E-state index in [1.807, 2.05) is 31.8 Å². The molecule has 2 N–H and O–H groups in total. The molecule has 0 bridgehead atoms. The van der Waals surface area contributed by atoms with Crippen molar-refractivity contribution in [2.45, 2.75) is 18.5 Å². The summed E-state index contributed by atoms with van der Waals surface area (Å²) in [5.74, 6) is 1.58. The van der Waals surface area contributed by atoms with E-state index in [0.29, 0.717) is 24.4 Å². The van der Waals surface area contributed by atoms with E-state index in [1.165, 1.54) is 0 Å². The molecular formula is C20H21N7. The van der Waals surface area contributed by atoms with Crippen LogP contribution in [0.25, 0.3) is 22.4 Å². The average molecular weight is 359 g/mol. The van der Waals surface area contributed by atoms with E-state index >= 15 is 0 Å². The first-order chi connectivity index (χ1) is 13.2. The van der Waals surface area contributed by atoms with E-state index in [1.54, 1.807) is 4.68 Å². The van der Waals surface area contributed by atoms with Crippen LogP contribution in [0.2, 0.25) is 0 Å². The maximum absolute atomic E-state index is 8.93. The van der Waals surface area contributed by atoms with Crippen LogP contribution in [0.4, 0.5) is 5.82 Å². The van der Waals surface area contributed by atoms with Crippen molar-refractivity contribution in [1.82, 2.24) is 25.1 Å². The summed E-state index contributed by atoms with van der Waals surface area (Å²) in [5.41, 5.74) is 4.33. The molecular weight excluding hydrogens is 338 g/mol. The van der Waals surface area contributed by atoms with Crippen molar-refractivity contribution in [2.24, 2.45) is 13.0 Å². The molecule has 0 aromatic carbocycles. The highest BCUT2D eigenvalue weighted by molar-refractivity contribution is 5.71. The highest BCUT2D eigenvalue weighted by Crippen LogP contribution is 2.37. The van der Waals surface area contributed by atoms with Gasteiger partial charge in [0.05, 0.1) is 18.7 Å². The van der Waals surface area contributed by atoms with Gasteiger partial charge in [-0.05, 0) is 18.2 Å². The van der Waals surface area contributed by atoms with Crippen LogP contribution in [-0.4, -0.2) is 44.9 Å². The maximum Gasteiger partial charge on any atom is 0.128 e. The molecule has 5 rings (SSSR count). The second-order valence-electron chi connectivity index (χ2n) is 7.37. The number of nitriles is 1. The van der Waals surface area contributed by atoms with Gasteiger partial charge < -0.3 is 15.2 Å². The summed E-state index contributed by atoms with van der Waals surface area (Å²) in [5, 5.41) is 16.6. The zero-order chi connectivity index (χ0) is 18.4. The van der Waals surface area contributed by atoms with Gasteiger partial charge in [0, 0.05) is 79.1 Å². The highest BCUT2D eigenvalue weighted by Gasteiger charge is 2.48. The first-order valence-electron chi connectivity index (χ1n) is 9.24. The lowest BCUT2D eigenvalue weighted by Crippen LogP contribution is -2.57. The molecule has 7 nitrogen and oxygen atoms in total. The molecule has 2 saturated heterocycles. The molecule has 2 aliphatic heterocycles. The van der Waals surface area contributed by atoms with Gasteiger partial charge in [0.15, 0.2) is 0 Å². The first-order valence-corrected chi connectivity index (χ1v) is 9.24. The van der Waals surface area contributed by atoms with Gasteiger partial charge in [-0.15, -0.1) is 0 Å². The molecule has 136 valence electrons. The number of pyridine rings is 1. The molecule has 5 heterocycles. The lowest BCUT2D eigenvalue weighted by molar-refractivity contribution is 0.313. The van der Waals surface area contributed by atoms with Crippen molar-refractivity contribution in [3.05, 3.63) is 43.0 Å². The van der Waals surface area contributed by atoms with Crippen molar-refractivity contribution in [3.63, 3.8) is 0 Å². The smallest absolute Gasteiger partial charge is 0.128 e. The van der Waals surface area contributed by atoms with Crippen LogP contribution in [0.5, 0.6) is 0 Å². The number of nitrogens with zero attached hydrogens (tertiary/aromatic N) is 5. The molecule has 7 heteroatoms. The van der Waals surface area contributed by atoms with Crippen LogP contribution >= 0.6 is 0 Å². The Morgan fingerprint density at radius 3 is 2.93 bits per heavy atom. The van der Waals surface area contributed by atoms with Gasteiger partial charge in [-0.1, -0.05) is 0 Å². The molecule has 0 radical (unpaired) electrons. The summed E-state index contributed by atoms with van der Waals surface area (Å²) in [4.78, 5) is 10.4. The third kappa shape index (κ3) is 2.69. The summed E-state index contributed by atoms with van der Waals surface area (Å²) in [7, 11) is 1.92. The van der Waals surface area contributed by atoms with Crippen molar-refractivity contribution in [2.75, 3.05) is 18.0 Å². The Hall–Kier alpha value is -3.11. The fourth-order valence-electron chi connectivity index (χ4n) is 4.26. The van der Waals surface area contributed by atoms with E-state index < -0.39 is 0 Å². The molecule has 2 aliphatic rings. The Morgan fingerprint density at radius 1 is 1.26 bits per heavy atom. The van der Waals surface area contributed by atoms with Crippen LogP contribution in [0, 0.1) is 17.2 Å². The predicted molar refractivity (Wildman–Crippen MR) is 103 cm³/mol. The van der Waals surface area contributed by atoms with Crippen molar-refractivity contribution < 1.29 is 0 Å². The molecule has 0 spiro atoms. The normalized spacial score (nSPS) is 23.7. The molecule has 3 aromatic heterocycles. The minimum absolute atomic E-state index is 0.335. The number of aryl methyl sites for hydroxylation is 1. The van der Waals surface area contributed by atoms with Crippen molar-refractivity contribution in [1.29, 1.82) is 5.26 Å². The van der Waals surface area contributed by atoms with Crippen molar-refractivity contribution in [3.8, 4) is 28.5 Å². The standard InChI is InChI=1S/C20H21N7/c1-26-11-15(9-25-26)18-6-14(8-22-18)13-2-3-20(24-7-13)27-12-16-17(4-5-21)23-10-19(16)27/h2-3,6-9,11,16-17,19,22-23H,4,10,12H2,1H3/t16-,17?,19+/m0/s1.